The van der Waals surface area contributed by atoms with Gasteiger partial charge in [0.25, 0.3) is 0 Å². The average molecular weight is 249 g/mol. The lowest BCUT2D eigenvalue weighted by atomic mass is 10.2. The molecule has 1 heterocycles. The fraction of sp³-hybridized carbons (Fsp3) is 0.0714. The number of pyridine rings is 1. The van der Waals surface area contributed by atoms with E-state index in [9.17, 15) is 0 Å². The van der Waals surface area contributed by atoms with E-state index < -0.39 is 0 Å². The van der Waals surface area contributed by atoms with Crippen LogP contribution in [0, 0.1) is 29.6 Å². The first-order valence-corrected chi connectivity index (χ1v) is 5.58. The van der Waals surface area contributed by atoms with Gasteiger partial charge in [-0.2, -0.15) is 10.5 Å². The van der Waals surface area contributed by atoms with Crippen LogP contribution in [0.15, 0.2) is 30.3 Å². The number of hydrogen-bond acceptors (Lipinski definition) is 5. The molecule has 1 aromatic carbocycles. The lowest BCUT2D eigenvalue weighted by Crippen LogP contribution is -2.02. The van der Waals surface area contributed by atoms with E-state index in [4.69, 9.17) is 16.3 Å². The summed E-state index contributed by atoms with van der Waals surface area (Å²) in [5, 5.41) is 20.9. The zero-order valence-electron chi connectivity index (χ0n) is 10.3. The minimum Gasteiger partial charge on any atom is -0.383 e. The van der Waals surface area contributed by atoms with Crippen LogP contribution in [-0.2, 0) is 0 Å². The molecule has 2 aromatic rings. The molecule has 0 aliphatic heterocycles. The van der Waals surface area contributed by atoms with Crippen molar-refractivity contribution in [3.05, 3.63) is 47.0 Å². The second-order valence-electron chi connectivity index (χ2n) is 4.03. The van der Waals surface area contributed by atoms with Crippen LogP contribution in [0.2, 0.25) is 0 Å². The second-order valence-corrected chi connectivity index (χ2v) is 4.03. The summed E-state index contributed by atoms with van der Waals surface area (Å²) in [6.07, 6.45) is 0. The van der Waals surface area contributed by atoms with E-state index in [1.165, 1.54) is 6.07 Å². The van der Waals surface area contributed by atoms with Crippen molar-refractivity contribution < 1.29 is 0 Å². The Morgan fingerprint density at radius 3 is 2.32 bits per heavy atom. The second kappa shape index (κ2) is 5.07. The van der Waals surface area contributed by atoms with Crippen molar-refractivity contribution in [2.45, 2.75) is 6.92 Å². The highest BCUT2D eigenvalue weighted by molar-refractivity contribution is 5.67. The van der Waals surface area contributed by atoms with Gasteiger partial charge >= 0.3 is 0 Å². The largest absolute Gasteiger partial charge is 0.383 e. The number of nitrogens with two attached hydrogens (primary N) is 1. The van der Waals surface area contributed by atoms with Crippen LogP contribution in [0.1, 0.15) is 16.7 Å². The van der Waals surface area contributed by atoms with Crippen LogP contribution in [0.3, 0.4) is 0 Å². The van der Waals surface area contributed by atoms with E-state index in [-0.39, 0.29) is 16.9 Å². The molecular formula is C14H11N5. The van der Waals surface area contributed by atoms with E-state index >= 15 is 0 Å². The molecule has 3 N–H and O–H groups in total. The van der Waals surface area contributed by atoms with Crippen molar-refractivity contribution in [3.8, 4) is 12.1 Å². The number of nitrogen functional groups attached to an aromatic ring is 1. The van der Waals surface area contributed by atoms with Gasteiger partial charge in [-0.25, -0.2) is 4.98 Å². The zero-order valence-corrected chi connectivity index (χ0v) is 10.3. The Hall–Kier alpha value is -3.05. The first-order chi connectivity index (χ1) is 9.13. The highest BCUT2D eigenvalue weighted by Gasteiger charge is 2.09. The van der Waals surface area contributed by atoms with Gasteiger partial charge in [-0.3, -0.25) is 0 Å². The summed E-state index contributed by atoms with van der Waals surface area (Å²) in [4.78, 5) is 4.05. The third kappa shape index (κ3) is 2.62. The van der Waals surface area contributed by atoms with Gasteiger partial charge in [0.15, 0.2) is 5.82 Å². The number of nitriles is 2. The fourth-order valence-electron chi connectivity index (χ4n) is 1.57. The van der Waals surface area contributed by atoms with Crippen LogP contribution in [0.5, 0.6) is 0 Å². The fourth-order valence-corrected chi connectivity index (χ4v) is 1.57. The van der Waals surface area contributed by atoms with Crippen molar-refractivity contribution >= 4 is 17.3 Å². The maximum absolute atomic E-state index is 9.07. The van der Waals surface area contributed by atoms with Crippen LogP contribution in [0.4, 0.5) is 17.3 Å². The van der Waals surface area contributed by atoms with Gasteiger partial charge in [0, 0.05) is 5.69 Å². The van der Waals surface area contributed by atoms with Crippen LogP contribution >= 0.6 is 0 Å². The minimum absolute atomic E-state index is 0.108. The van der Waals surface area contributed by atoms with Gasteiger partial charge in [-0.1, -0.05) is 17.7 Å². The van der Waals surface area contributed by atoms with Gasteiger partial charge in [-0.05, 0) is 25.1 Å². The molecule has 5 heteroatoms. The molecule has 0 fully saturated rings. The van der Waals surface area contributed by atoms with Gasteiger partial charge in [0.2, 0.25) is 0 Å². The molecule has 0 saturated carbocycles. The molecule has 0 spiro atoms. The summed E-state index contributed by atoms with van der Waals surface area (Å²) in [6, 6.07) is 13.0. The van der Waals surface area contributed by atoms with Gasteiger partial charge < -0.3 is 11.1 Å². The van der Waals surface area contributed by atoms with Crippen LogP contribution in [-0.4, -0.2) is 4.98 Å². The van der Waals surface area contributed by atoms with Crippen molar-refractivity contribution in [2.75, 3.05) is 11.1 Å². The predicted octanol–water partition coefficient (Wildman–Crippen LogP) is 2.46. The third-order valence-electron chi connectivity index (χ3n) is 2.61. The molecule has 0 unspecified atom stereocenters. The summed E-state index contributed by atoms with van der Waals surface area (Å²) in [7, 11) is 0. The summed E-state index contributed by atoms with van der Waals surface area (Å²) >= 11 is 0. The molecule has 0 aliphatic rings. The Labute approximate surface area is 110 Å². The van der Waals surface area contributed by atoms with E-state index in [1.54, 1.807) is 0 Å². The first kappa shape index (κ1) is 12.4. The number of benzene rings is 1. The molecule has 1 aromatic heterocycles. The number of rotatable bonds is 2. The van der Waals surface area contributed by atoms with Crippen LogP contribution < -0.4 is 11.1 Å². The normalized spacial score (nSPS) is 9.42. The number of aromatic nitrogens is 1. The van der Waals surface area contributed by atoms with E-state index in [1.807, 2.05) is 43.3 Å². The van der Waals surface area contributed by atoms with Gasteiger partial charge in [0.05, 0.1) is 11.1 Å². The Bertz CT molecular complexity index is 690. The highest BCUT2D eigenvalue weighted by atomic mass is 15.0. The van der Waals surface area contributed by atoms with E-state index in [0.717, 1.165) is 11.3 Å². The predicted molar refractivity (Wildman–Crippen MR) is 72.5 cm³/mol. The Kier molecular flexibility index (Phi) is 3.31. The quantitative estimate of drug-likeness (QED) is 0.851. The highest BCUT2D eigenvalue weighted by Crippen LogP contribution is 2.22. The van der Waals surface area contributed by atoms with Gasteiger partial charge in [0.1, 0.15) is 18.0 Å². The lowest BCUT2D eigenvalue weighted by molar-refractivity contribution is 1.27. The number of aryl methyl sites for hydroxylation is 1. The molecule has 0 saturated heterocycles. The molecule has 0 aliphatic carbocycles. The summed E-state index contributed by atoms with van der Waals surface area (Å²) in [5.41, 5.74) is 8.08. The summed E-state index contributed by atoms with van der Waals surface area (Å²) < 4.78 is 0. The molecule has 2 rings (SSSR count). The molecule has 0 amide bonds. The maximum Gasteiger partial charge on any atom is 0.150 e. The van der Waals surface area contributed by atoms with Crippen molar-refractivity contribution in [3.63, 3.8) is 0 Å². The molecule has 92 valence electrons. The zero-order chi connectivity index (χ0) is 13.8. The molecule has 0 atom stereocenters. The Morgan fingerprint density at radius 2 is 1.74 bits per heavy atom. The van der Waals surface area contributed by atoms with Crippen molar-refractivity contribution in [2.24, 2.45) is 0 Å². The van der Waals surface area contributed by atoms with Crippen molar-refractivity contribution in [1.82, 2.24) is 4.98 Å². The number of nitrogens with one attached hydrogen (secondary N) is 1. The average Bonchev–Trinajstić information content (AvgIpc) is 2.42. The van der Waals surface area contributed by atoms with Crippen LogP contribution in [0.25, 0.3) is 0 Å². The molecule has 0 bridgehead atoms. The Morgan fingerprint density at radius 1 is 1.11 bits per heavy atom. The summed E-state index contributed by atoms with van der Waals surface area (Å²) in [5.74, 6) is 0.457. The third-order valence-corrected chi connectivity index (χ3v) is 2.61. The Balaban J connectivity index is 2.40. The molecular weight excluding hydrogens is 238 g/mol. The SMILES string of the molecule is Cc1ccc(Nc2nc(N)c(C#N)cc2C#N)cc1. The topological polar surface area (TPSA) is 98.5 Å². The maximum atomic E-state index is 9.07. The smallest absolute Gasteiger partial charge is 0.150 e. The summed E-state index contributed by atoms with van der Waals surface area (Å²) in [6.45, 7) is 1.99. The molecule has 0 radical (unpaired) electrons. The monoisotopic (exact) mass is 249 g/mol. The molecule has 5 nitrogen and oxygen atoms in total. The standard InChI is InChI=1S/C14H11N5/c1-9-2-4-12(5-3-9)18-14-11(8-16)6-10(7-15)13(17)19-14/h2-6H,1H3,(H3,17,18,19). The van der Waals surface area contributed by atoms with E-state index in [0.29, 0.717) is 5.82 Å². The van der Waals surface area contributed by atoms with Gasteiger partial charge in [-0.15, -0.1) is 0 Å². The number of hydrogen-bond donors (Lipinski definition) is 2. The first-order valence-electron chi connectivity index (χ1n) is 5.58. The lowest BCUT2D eigenvalue weighted by Gasteiger charge is -2.09. The minimum atomic E-state index is 0.108. The number of nitrogens with zero attached hydrogens (tertiary/aromatic N) is 3. The molecule has 19 heavy (non-hydrogen) atoms. The van der Waals surface area contributed by atoms with E-state index in [2.05, 4.69) is 10.3 Å². The number of anilines is 3. The van der Waals surface area contributed by atoms with Crippen molar-refractivity contribution in [1.29, 1.82) is 10.5 Å².